The minimum absolute atomic E-state index is 0.0758. The second-order valence-electron chi connectivity index (χ2n) is 9.18. The number of nitrogens with one attached hydrogen (secondary N) is 1. The van der Waals surface area contributed by atoms with E-state index in [0.717, 1.165) is 23.6 Å². The maximum absolute atomic E-state index is 12.4. The summed E-state index contributed by atoms with van der Waals surface area (Å²) in [7, 11) is 0. The summed E-state index contributed by atoms with van der Waals surface area (Å²) < 4.78 is 0. The summed E-state index contributed by atoms with van der Waals surface area (Å²) >= 11 is 0. The molecule has 0 bridgehead atoms. The largest absolute Gasteiger partial charge is 0.506 e. The molecule has 0 atom stereocenters. The van der Waals surface area contributed by atoms with Gasteiger partial charge in [-0.1, -0.05) is 128 Å². The molecule has 0 fully saturated rings. The Morgan fingerprint density at radius 2 is 1.28 bits per heavy atom. The van der Waals surface area contributed by atoms with E-state index >= 15 is 0 Å². The van der Waals surface area contributed by atoms with E-state index in [4.69, 9.17) is 0 Å². The molecule has 3 nitrogen and oxygen atoms in total. The van der Waals surface area contributed by atoms with Crippen LogP contribution in [0.1, 0.15) is 120 Å². The Morgan fingerprint density at radius 3 is 1.84 bits per heavy atom. The number of carbonyl (C=O) groups is 1. The highest BCUT2D eigenvalue weighted by Gasteiger charge is 2.12. The van der Waals surface area contributed by atoms with Crippen molar-refractivity contribution in [2.45, 2.75) is 110 Å². The van der Waals surface area contributed by atoms with E-state index in [-0.39, 0.29) is 11.7 Å². The van der Waals surface area contributed by atoms with Crippen molar-refractivity contribution in [3.8, 4) is 5.75 Å². The van der Waals surface area contributed by atoms with Crippen LogP contribution in [0.4, 0.5) is 0 Å². The molecular weight excluding hydrogens is 394 g/mol. The molecule has 0 saturated heterocycles. The second-order valence-corrected chi connectivity index (χ2v) is 9.18. The first-order valence-corrected chi connectivity index (χ1v) is 13.1. The van der Waals surface area contributed by atoms with Gasteiger partial charge >= 0.3 is 0 Å². The van der Waals surface area contributed by atoms with E-state index in [2.05, 4.69) is 18.3 Å². The number of hydrogen-bond donors (Lipinski definition) is 2. The van der Waals surface area contributed by atoms with Gasteiger partial charge in [0.25, 0.3) is 5.91 Å². The molecule has 0 saturated carbocycles. The monoisotopic (exact) mass is 438 g/mol. The summed E-state index contributed by atoms with van der Waals surface area (Å²) in [6, 6.07) is 12.3. The quantitative estimate of drug-likeness (QED) is 0.230. The highest BCUT2D eigenvalue weighted by molar-refractivity contribution is 6.01. The predicted molar refractivity (Wildman–Crippen MR) is 136 cm³/mol. The molecule has 0 aliphatic heterocycles. The first kappa shape index (κ1) is 26.2. The number of phenols is 1. The van der Waals surface area contributed by atoms with Crippen LogP contribution in [0.2, 0.25) is 0 Å². The van der Waals surface area contributed by atoms with E-state index in [1.54, 1.807) is 6.07 Å². The fraction of sp³-hybridized carbons (Fsp3) is 0.621. The van der Waals surface area contributed by atoms with Crippen LogP contribution in [0.5, 0.6) is 5.75 Å². The van der Waals surface area contributed by atoms with Crippen molar-refractivity contribution in [3.63, 3.8) is 0 Å². The molecule has 1 amide bonds. The zero-order chi connectivity index (χ0) is 22.9. The third-order valence-corrected chi connectivity index (χ3v) is 6.33. The number of phenolic OH excluding ortho intramolecular Hbond substituents is 1. The lowest BCUT2D eigenvalue weighted by Gasteiger charge is -2.08. The normalized spacial score (nSPS) is 11.2. The van der Waals surface area contributed by atoms with E-state index in [1.165, 1.54) is 89.9 Å². The van der Waals surface area contributed by atoms with E-state index in [1.807, 2.05) is 24.3 Å². The Labute approximate surface area is 196 Å². The highest BCUT2D eigenvalue weighted by atomic mass is 16.3. The molecule has 0 heterocycles. The van der Waals surface area contributed by atoms with Crippen molar-refractivity contribution in [1.29, 1.82) is 0 Å². The number of hydrogen-bond acceptors (Lipinski definition) is 2. The Kier molecular flexibility index (Phi) is 13.6. The number of carbonyl (C=O) groups excluding carboxylic acids is 1. The van der Waals surface area contributed by atoms with Crippen LogP contribution in [-0.4, -0.2) is 17.6 Å². The number of rotatable bonds is 18. The molecule has 2 aromatic rings. The van der Waals surface area contributed by atoms with Gasteiger partial charge in [0.2, 0.25) is 0 Å². The zero-order valence-electron chi connectivity index (χ0n) is 20.3. The van der Waals surface area contributed by atoms with Gasteiger partial charge in [0.05, 0.1) is 5.56 Å². The lowest BCUT2D eigenvalue weighted by atomic mass is 10.0. The maximum Gasteiger partial charge on any atom is 0.255 e. The first-order valence-electron chi connectivity index (χ1n) is 13.1. The molecule has 2 N–H and O–H groups in total. The van der Waals surface area contributed by atoms with E-state index < -0.39 is 0 Å². The lowest BCUT2D eigenvalue weighted by molar-refractivity contribution is 0.0950. The van der Waals surface area contributed by atoms with Crippen LogP contribution in [0.15, 0.2) is 30.3 Å². The highest BCUT2D eigenvalue weighted by Crippen LogP contribution is 2.24. The minimum atomic E-state index is -0.217. The summed E-state index contributed by atoms with van der Waals surface area (Å²) in [5.41, 5.74) is 0.306. The molecule has 0 aliphatic carbocycles. The first-order chi connectivity index (χ1) is 15.7. The Bertz CT molecular complexity index is 771. The van der Waals surface area contributed by atoms with Crippen LogP contribution in [0.25, 0.3) is 10.8 Å². The van der Waals surface area contributed by atoms with Crippen LogP contribution in [0, 0.1) is 6.07 Å². The summed E-state index contributed by atoms with van der Waals surface area (Å²) in [4.78, 5) is 12.4. The average molecular weight is 439 g/mol. The Balaban J connectivity index is 1.41. The maximum atomic E-state index is 12.4. The molecule has 0 aliphatic rings. The number of amides is 1. The molecule has 0 spiro atoms. The SMILES string of the molecule is CCCCCCCCCCCCCCCCCCNC(=O)c1cc2ccccc2[c]c1O. The van der Waals surface area contributed by atoms with Gasteiger partial charge in [0, 0.05) is 12.6 Å². The van der Waals surface area contributed by atoms with Gasteiger partial charge in [-0.15, -0.1) is 0 Å². The third kappa shape index (κ3) is 10.5. The predicted octanol–water partition coefficient (Wildman–Crippen LogP) is 8.34. The van der Waals surface area contributed by atoms with Gasteiger partial charge in [0.1, 0.15) is 5.75 Å². The molecule has 2 aromatic carbocycles. The van der Waals surface area contributed by atoms with Crippen molar-refractivity contribution < 1.29 is 9.90 Å². The van der Waals surface area contributed by atoms with Gasteiger partial charge in [-0.25, -0.2) is 0 Å². The third-order valence-electron chi connectivity index (χ3n) is 6.33. The minimum Gasteiger partial charge on any atom is -0.506 e. The van der Waals surface area contributed by atoms with Crippen molar-refractivity contribution in [2.24, 2.45) is 0 Å². The molecule has 2 rings (SSSR count). The molecule has 3 heteroatoms. The van der Waals surface area contributed by atoms with Crippen LogP contribution in [0.3, 0.4) is 0 Å². The fourth-order valence-corrected chi connectivity index (χ4v) is 4.30. The number of aromatic hydroxyl groups is 1. The van der Waals surface area contributed by atoms with Crippen molar-refractivity contribution in [1.82, 2.24) is 5.32 Å². The summed E-state index contributed by atoms with van der Waals surface area (Å²) in [6.45, 7) is 2.93. The van der Waals surface area contributed by atoms with Crippen LogP contribution < -0.4 is 5.32 Å². The van der Waals surface area contributed by atoms with Crippen LogP contribution in [-0.2, 0) is 0 Å². The molecule has 0 aromatic heterocycles. The summed E-state index contributed by atoms with van der Waals surface area (Å²) in [6.07, 6.45) is 21.5. The number of fused-ring (bicyclic) bond motifs is 1. The Hall–Kier alpha value is -2.03. The van der Waals surface area contributed by atoms with Crippen molar-refractivity contribution in [3.05, 3.63) is 42.0 Å². The van der Waals surface area contributed by atoms with Crippen molar-refractivity contribution >= 4 is 16.7 Å². The van der Waals surface area contributed by atoms with Gasteiger partial charge in [0.15, 0.2) is 0 Å². The molecule has 32 heavy (non-hydrogen) atoms. The standard InChI is InChI=1S/C29H44NO2/c1-2-3-4-5-6-7-8-9-10-11-12-13-14-15-16-19-22-30-29(32)27-23-25-20-17-18-21-26(25)24-28(27)31/h17-18,20-21,23,31H,2-16,19,22H2,1H3,(H,30,32). The van der Waals surface area contributed by atoms with Gasteiger partial charge < -0.3 is 10.4 Å². The van der Waals surface area contributed by atoms with Gasteiger partial charge in [-0.05, 0) is 23.3 Å². The molecular formula is C29H44NO2. The smallest absolute Gasteiger partial charge is 0.255 e. The van der Waals surface area contributed by atoms with Gasteiger partial charge in [-0.3, -0.25) is 4.79 Å². The lowest BCUT2D eigenvalue weighted by Crippen LogP contribution is -2.24. The fourth-order valence-electron chi connectivity index (χ4n) is 4.30. The van der Waals surface area contributed by atoms with Gasteiger partial charge in [-0.2, -0.15) is 0 Å². The molecule has 1 radical (unpaired) electrons. The summed E-state index contributed by atoms with van der Waals surface area (Å²) in [5.74, 6) is -0.293. The molecule has 0 unspecified atom stereocenters. The zero-order valence-corrected chi connectivity index (χ0v) is 20.3. The average Bonchev–Trinajstić information content (AvgIpc) is 2.80. The summed E-state index contributed by atoms with van der Waals surface area (Å²) in [5, 5.41) is 14.8. The van der Waals surface area contributed by atoms with E-state index in [9.17, 15) is 9.90 Å². The topological polar surface area (TPSA) is 49.3 Å². The van der Waals surface area contributed by atoms with Crippen molar-refractivity contribution in [2.75, 3.05) is 6.54 Å². The number of unbranched alkanes of at least 4 members (excludes halogenated alkanes) is 15. The Morgan fingerprint density at radius 1 is 0.781 bits per heavy atom. The van der Waals surface area contributed by atoms with Crippen LogP contribution >= 0.6 is 0 Å². The number of benzene rings is 2. The molecule has 177 valence electrons. The van der Waals surface area contributed by atoms with E-state index in [0.29, 0.717) is 12.1 Å². The second kappa shape index (κ2) is 16.6.